The molecule has 1 aromatic carbocycles. The number of carbonyl (C=O) groups is 1. The van der Waals surface area contributed by atoms with Gasteiger partial charge in [0.2, 0.25) is 5.91 Å². The van der Waals surface area contributed by atoms with Crippen LogP contribution >= 0.6 is 11.6 Å². The Morgan fingerprint density at radius 3 is 2.55 bits per heavy atom. The smallest absolute Gasteiger partial charge is 0.240 e. The Hall–Kier alpha value is -1.06. The van der Waals surface area contributed by atoms with Crippen molar-refractivity contribution < 1.29 is 4.79 Å². The van der Waals surface area contributed by atoms with Crippen LogP contribution in [0.4, 0.5) is 0 Å². The van der Waals surface area contributed by atoms with Gasteiger partial charge >= 0.3 is 0 Å². The molecule has 4 heteroatoms. The maximum atomic E-state index is 12.1. The molecule has 0 aliphatic heterocycles. The van der Waals surface area contributed by atoms with Crippen molar-refractivity contribution >= 4 is 17.5 Å². The summed E-state index contributed by atoms with van der Waals surface area (Å²) in [6, 6.07) is 8.04. The Morgan fingerprint density at radius 1 is 1.25 bits per heavy atom. The molecule has 0 spiro atoms. The third-order valence-electron chi connectivity index (χ3n) is 4.83. The molecular formula is C16H21ClN2O. The molecule has 2 aliphatic carbocycles. The Bertz CT molecular complexity index is 519. The van der Waals surface area contributed by atoms with Gasteiger partial charge in [-0.05, 0) is 43.4 Å². The minimum atomic E-state index is -0.589. The highest BCUT2D eigenvalue weighted by atomic mass is 35.5. The molecule has 108 valence electrons. The maximum Gasteiger partial charge on any atom is 0.240 e. The molecule has 0 unspecified atom stereocenters. The second kappa shape index (κ2) is 5.05. The van der Waals surface area contributed by atoms with E-state index in [1.165, 1.54) is 18.4 Å². The minimum absolute atomic E-state index is 0.00537. The van der Waals surface area contributed by atoms with Crippen molar-refractivity contribution in [3.63, 3.8) is 0 Å². The molecule has 0 aromatic heterocycles. The Balaban J connectivity index is 1.76. The number of halogens is 1. The van der Waals surface area contributed by atoms with Crippen LogP contribution in [0.2, 0.25) is 5.02 Å². The van der Waals surface area contributed by atoms with Crippen LogP contribution in [0.1, 0.15) is 44.1 Å². The van der Waals surface area contributed by atoms with Gasteiger partial charge in [-0.1, -0.05) is 36.6 Å². The summed E-state index contributed by atoms with van der Waals surface area (Å²) in [5.41, 5.74) is 6.63. The summed E-state index contributed by atoms with van der Waals surface area (Å²) in [6.45, 7) is 0.672. The quantitative estimate of drug-likeness (QED) is 0.896. The van der Waals surface area contributed by atoms with E-state index in [0.29, 0.717) is 6.54 Å². The van der Waals surface area contributed by atoms with Gasteiger partial charge in [0.05, 0.1) is 5.54 Å². The molecule has 3 nitrogen and oxygen atoms in total. The standard InChI is InChI=1S/C16H21ClN2O/c17-13-5-3-4-12(10-13)15(6-1-2-7-15)11-19-14(20)16(18)8-9-16/h3-5,10H,1-2,6-9,11,18H2,(H,19,20). The van der Waals surface area contributed by atoms with Gasteiger partial charge in [-0.25, -0.2) is 0 Å². The second-order valence-electron chi connectivity index (χ2n) is 6.34. The lowest BCUT2D eigenvalue weighted by atomic mass is 9.78. The van der Waals surface area contributed by atoms with Crippen LogP contribution in [0.5, 0.6) is 0 Å². The van der Waals surface area contributed by atoms with Crippen molar-refractivity contribution in [2.45, 2.75) is 49.5 Å². The van der Waals surface area contributed by atoms with E-state index >= 15 is 0 Å². The molecule has 3 N–H and O–H groups in total. The number of rotatable bonds is 4. The van der Waals surface area contributed by atoms with E-state index < -0.39 is 5.54 Å². The first-order valence-electron chi connectivity index (χ1n) is 7.37. The van der Waals surface area contributed by atoms with E-state index in [9.17, 15) is 4.79 Å². The van der Waals surface area contributed by atoms with Crippen LogP contribution < -0.4 is 11.1 Å². The van der Waals surface area contributed by atoms with Crippen LogP contribution in [0.25, 0.3) is 0 Å². The molecule has 0 heterocycles. The number of carbonyl (C=O) groups excluding carboxylic acids is 1. The van der Waals surface area contributed by atoms with Gasteiger partial charge in [0, 0.05) is 17.0 Å². The average Bonchev–Trinajstić information content (AvgIpc) is 3.02. The van der Waals surface area contributed by atoms with Gasteiger partial charge in [0.15, 0.2) is 0 Å². The summed E-state index contributed by atoms with van der Waals surface area (Å²) >= 11 is 6.12. The van der Waals surface area contributed by atoms with Crippen LogP contribution in [0.15, 0.2) is 24.3 Å². The summed E-state index contributed by atoms with van der Waals surface area (Å²) < 4.78 is 0. The van der Waals surface area contributed by atoms with Gasteiger partial charge in [-0.15, -0.1) is 0 Å². The Labute approximate surface area is 124 Å². The highest BCUT2D eigenvalue weighted by Crippen LogP contribution is 2.41. The van der Waals surface area contributed by atoms with E-state index in [4.69, 9.17) is 17.3 Å². The third-order valence-corrected chi connectivity index (χ3v) is 5.06. The molecule has 3 rings (SSSR count). The molecule has 1 amide bonds. The molecule has 2 saturated carbocycles. The average molecular weight is 293 g/mol. The fraction of sp³-hybridized carbons (Fsp3) is 0.562. The Kier molecular flexibility index (Phi) is 3.51. The van der Waals surface area contributed by atoms with Crippen LogP contribution in [0.3, 0.4) is 0 Å². The molecule has 1 aromatic rings. The first kappa shape index (κ1) is 13.9. The topological polar surface area (TPSA) is 55.1 Å². The third kappa shape index (κ3) is 2.57. The monoisotopic (exact) mass is 292 g/mol. The van der Waals surface area contributed by atoms with Crippen LogP contribution in [-0.4, -0.2) is 18.0 Å². The van der Waals surface area contributed by atoms with Crippen molar-refractivity contribution in [3.8, 4) is 0 Å². The number of nitrogens with two attached hydrogens (primary N) is 1. The number of benzene rings is 1. The van der Waals surface area contributed by atoms with Crippen LogP contribution in [-0.2, 0) is 10.2 Å². The number of hydrogen-bond donors (Lipinski definition) is 2. The number of nitrogens with one attached hydrogen (secondary N) is 1. The van der Waals surface area contributed by atoms with Gasteiger partial charge in [0.1, 0.15) is 0 Å². The Morgan fingerprint density at radius 2 is 1.95 bits per heavy atom. The summed E-state index contributed by atoms with van der Waals surface area (Å²) in [6.07, 6.45) is 6.23. The predicted molar refractivity (Wildman–Crippen MR) is 80.8 cm³/mol. The van der Waals surface area contributed by atoms with E-state index in [-0.39, 0.29) is 11.3 Å². The predicted octanol–water partition coefficient (Wildman–Crippen LogP) is 2.76. The molecule has 0 atom stereocenters. The van der Waals surface area contributed by atoms with Crippen molar-refractivity contribution in [2.75, 3.05) is 6.54 Å². The minimum Gasteiger partial charge on any atom is -0.354 e. The summed E-state index contributed by atoms with van der Waals surface area (Å²) in [5.74, 6) is 0.00537. The number of amides is 1. The van der Waals surface area contributed by atoms with Gasteiger partial charge in [0.25, 0.3) is 0 Å². The fourth-order valence-corrected chi connectivity index (χ4v) is 3.42. The zero-order valence-electron chi connectivity index (χ0n) is 11.6. The molecule has 0 saturated heterocycles. The van der Waals surface area contributed by atoms with Gasteiger partial charge in [-0.3, -0.25) is 4.79 Å². The first-order chi connectivity index (χ1) is 9.54. The zero-order chi connectivity index (χ0) is 14.2. The van der Waals surface area contributed by atoms with Crippen molar-refractivity contribution in [1.82, 2.24) is 5.32 Å². The molecular weight excluding hydrogens is 272 g/mol. The van der Waals surface area contributed by atoms with E-state index in [0.717, 1.165) is 30.7 Å². The normalized spacial score (nSPS) is 22.5. The molecule has 20 heavy (non-hydrogen) atoms. The first-order valence-corrected chi connectivity index (χ1v) is 7.75. The van der Waals surface area contributed by atoms with E-state index in [1.54, 1.807) is 0 Å². The SMILES string of the molecule is NC1(C(=O)NCC2(c3cccc(Cl)c3)CCCC2)CC1. The summed E-state index contributed by atoms with van der Waals surface area (Å²) in [4.78, 5) is 12.1. The molecule has 2 fully saturated rings. The van der Waals surface area contributed by atoms with Gasteiger partial charge in [-0.2, -0.15) is 0 Å². The van der Waals surface area contributed by atoms with Crippen molar-refractivity contribution in [3.05, 3.63) is 34.9 Å². The fourth-order valence-electron chi connectivity index (χ4n) is 3.22. The number of hydrogen-bond acceptors (Lipinski definition) is 2. The lowest BCUT2D eigenvalue weighted by molar-refractivity contribution is -0.123. The summed E-state index contributed by atoms with van der Waals surface area (Å²) in [7, 11) is 0. The van der Waals surface area contributed by atoms with Crippen molar-refractivity contribution in [2.24, 2.45) is 5.73 Å². The van der Waals surface area contributed by atoms with Crippen LogP contribution in [0, 0.1) is 0 Å². The molecule has 0 bridgehead atoms. The van der Waals surface area contributed by atoms with Crippen molar-refractivity contribution in [1.29, 1.82) is 0 Å². The zero-order valence-corrected chi connectivity index (χ0v) is 12.4. The lowest BCUT2D eigenvalue weighted by Gasteiger charge is -2.30. The van der Waals surface area contributed by atoms with E-state index in [2.05, 4.69) is 11.4 Å². The van der Waals surface area contributed by atoms with Gasteiger partial charge < -0.3 is 11.1 Å². The maximum absolute atomic E-state index is 12.1. The highest BCUT2D eigenvalue weighted by Gasteiger charge is 2.47. The molecule has 2 aliphatic rings. The van der Waals surface area contributed by atoms with E-state index in [1.807, 2.05) is 18.2 Å². The highest BCUT2D eigenvalue weighted by molar-refractivity contribution is 6.30. The summed E-state index contributed by atoms with van der Waals surface area (Å²) in [5, 5.41) is 3.84. The largest absolute Gasteiger partial charge is 0.354 e. The molecule has 0 radical (unpaired) electrons. The second-order valence-corrected chi connectivity index (χ2v) is 6.77. The lowest BCUT2D eigenvalue weighted by Crippen LogP contribution is -2.47.